The van der Waals surface area contributed by atoms with E-state index >= 15 is 0 Å². The van der Waals surface area contributed by atoms with Gasteiger partial charge in [0.2, 0.25) is 10.0 Å². The Bertz CT molecular complexity index is 1260. The molecule has 35 heavy (non-hydrogen) atoms. The Morgan fingerprint density at radius 1 is 0.914 bits per heavy atom. The molecule has 184 valence electrons. The average molecular weight is 515 g/mol. The molecule has 0 aliphatic carbocycles. The van der Waals surface area contributed by atoms with Crippen LogP contribution in [0.3, 0.4) is 0 Å². The first-order chi connectivity index (χ1) is 16.7. The molecule has 0 saturated heterocycles. The minimum Gasteiger partial charge on any atom is -0.462 e. The molecule has 0 saturated carbocycles. The molecule has 0 unspecified atom stereocenters. The predicted octanol–water partition coefficient (Wildman–Crippen LogP) is 5.52. The van der Waals surface area contributed by atoms with E-state index in [-0.39, 0.29) is 12.5 Å². The number of hydrogen-bond donors (Lipinski definition) is 1. The second-order valence-electron chi connectivity index (χ2n) is 7.96. The van der Waals surface area contributed by atoms with E-state index in [0.29, 0.717) is 34.1 Å². The van der Waals surface area contributed by atoms with Crippen molar-refractivity contribution in [3.05, 3.63) is 94.5 Å². The summed E-state index contributed by atoms with van der Waals surface area (Å²) in [4.78, 5) is 24.7. The van der Waals surface area contributed by atoms with Gasteiger partial charge in [-0.2, -0.15) is 0 Å². The van der Waals surface area contributed by atoms with Gasteiger partial charge in [0.05, 0.1) is 30.7 Å². The molecule has 0 aromatic heterocycles. The first-order valence-electron chi connectivity index (χ1n) is 11.1. The van der Waals surface area contributed by atoms with Gasteiger partial charge in [-0.25, -0.2) is 13.2 Å². The van der Waals surface area contributed by atoms with Crippen LogP contribution in [0.4, 0.5) is 11.4 Å². The van der Waals surface area contributed by atoms with Crippen molar-refractivity contribution in [1.82, 2.24) is 0 Å². The summed E-state index contributed by atoms with van der Waals surface area (Å²) >= 11 is 5.91. The largest absolute Gasteiger partial charge is 0.462 e. The van der Waals surface area contributed by atoms with E-state index < -0.39 is 16.0 Å². The summed E-state index contributed by atoms with van der Waals surface area (Å²) in [7, 11) is -3.56. The molecule has 1 N–H and O–H groups in total. The summed E-state index contributed by atoms with van der Waals surface area (Å²) in [6.07, 6.45) is 2.88. The highest BCUT2D eigenvalue weighted by molar-refractivity contribution is 7.92. The lowest BCUT2D eigenvalue weighted by Crippen LogP contribution is -2.29. The van der Waals surface area contributed by atoms with E-state index in [1.165, 1.54) is 4.31 Å². The molecule has 3 aromatic rings. The van der Waals surface area contributed by atoms with Crippen LogP contribution in [0.5, 0.6) is 0 Å². The third-order valence-corrected chi connectivity index (χ3v) is 6.56. The number of anilines is 2. The molecule has 0 atom stereocenters. The molecular weight excluding hydrogens is 488 g/mol. The number of nitrogens with one attached hydrogen (secondary N) is 1. The molecule has 7 nitrogen and oxygen atoms in total. The van der Waals surface area contributed by atoms with Crippen molar-refractivity contribution in [3.8, 4) is 0 Å². The van der Waals surface area contributed by atoms with Crippen LogP contribution in [0.2, 0.25) is 5.02 Å². The molecular formula is C26H27ClN2O5S. The van der Waals surface area contributed by atoms with Crippen LogP contribution < -0.4 is 9.62 Å². The van der Waals surface area contributed by atoms with Crippen molar-refractivity contribution in [2.75, 3.05) is 22.5 Å². The molecule has 0 bridgehead atoms. The zero-order valence-corrected chi connectivity index (χ0v) is 21.1. The van der Waals surface area contributed by atoms with E-state index in [2.05, 4.69) is 5.32 Å². The van der Waals surface area contributed by atoms with Crippen molar-refractivity contribution in [2.45, 2.75) is 26.3 Å². The van der Waals surface area contributed by atoms with Gasteiger partial charge in [0, 0.05) is 16.3 Å². The van der Waals surface area contributed by atoms with E-state index in [4.69, 9.17) is 16.3 Å². The number of rotatable bonds is 10. The number of hydrogen-bond acceptors (Lipinski definition) is 5. The minimum atomic E-state index is -3.56. The number of benzene rings is 3. The lowest BCUT2D eigenvalue weighted by molar-refractivity contribution is 0.0499. The van der Waals surface area contributed by atoms with Gasteiger partial charge in [0.15, 0.2) is 0 Å². The standard InChI is InChI=1S/C26H27ClN2O5S/c1-3-4-17-34-26(31)21-7-13-23(14-8-21)28-25(30)20-9-15-24(16-10-20)29(35(2,32)33)18-19-5-11-22(27)12-6-19/h5-16H,3-4,17-18H2,1-2H3,(H,28,30). The summed E-state index contributed by atoms with van der Waals surface area (Å²) in [6.45, 7) is 2.52. The van der Waals surface area contributed by atoms with Crippen LogP contribution in [0.15, 0.2) is 72.8 Å². The number of carbonyl (C=O) groups excluding carboxylic acids is 2. The molecule has 0 fully saturated rings. The third kappa shape index (κ3) is 7.56. The van der Waals surface area contributed by atoms with Gasteiger partial charge in [0.1, 0.15) is 0 Å². The van der Waals surface area contributed by atoms with E-state index in [9.17, 15) is 18.0 Å². The van der Waals surface area contributed by atoms with Crippen LogP contribution in [-0.2, 0) is 21.3 Å². The normalized spacial score (nSPS) is 11.1. The summed E-state index contributed by atoms with van der Waals surface area (Å²) in [5.74, 6) is -0.764. The highest BCUT2D eigenvalue weighted by Crippen LogP contribution is 2.23. The molecule has 9 heteroatoms. The van der Waals surface area contributed by atoms with E-state index in [0.717, 1.165) is 24.7 Å². The summed E-state index contributed by atoms with van der Waals surface area (Å²) < 4.78 is 31.2. The lowest BCUT2D eigenvalue weighted by Gasteiger charge is -2.23. The van der Waals surface area contributed by atoms with Gasteiger partial charge in [-0.15, -0.1) is 0 Å². The maximum atomic E-state index is 12.7. The van der Waals surface area contributed by atoms with Gasteiger partial charge in [-0.05, 0) is 72.6 Å². The molecule has 1 amide bonds. The van der Waals surface area contributed by atoms with Gasteiger partial charge in [0.25, 0.3) is 5.91 Å². The number of amides is 1. The second-order valence-corrected chi connectivity index (χ2v) is 10.3. The maximum Gasteiger partial charge on any atom is 0.338 e. The first kappa shape index (κ1) is 26.2. The van der Waals surface area contributed by atoms with Crippen LogP contribution in [0, 0.1) is 0 Å². The fourth-order valence-electron chi connectivity index (χ4n) is 3.22. The molecule has 3 aromatic carbocycles. The fraction of sp³-hybridized carbons (Fsp3) is 0.231. The molecule has 0 aliphatic rings. The molecule has 0 spiro atoms. The van der Waals surface area contributed by atoms with Crippen molar-refractivity contribution < 1.29 is 22.7 Å². The van der Waals surface area contributed by atoms with Crippen molar-refractivity contribution in [2.24, 2.45) is 0 Å². The Balaban J connectivity index is 1.67. The van der Waals surface area contributed by atoms with Gasteiger partial charge in [-0.1, -0.05) is 37.1 Å². The Morgan fingerprint density at radius 2 is 1.51 bits per heavy atom. The highest BCUT2D eigenvalue weighted by Gasteiger charge is 2.18. The predicted molar refractivity (Wildman–Crippen MR) is 139 cm³/mol. The number of esters is 1. The topological polar surface area (TPSA) is 92.8 Å². The Morgan fingerprint density at radius 3 is 2.09 bits per heavy atom. The first-order valence-corrected chi connectivity index (χ1v) is 13.3. The Kier molecular flexibility index (Phi) is 8.89. The second kappa shape index (κ2) is 11.9. The number of carbonyl (C=O) groups is 2. The van der Waals surface area contributed by atoms with Crippen LogP contribution in [0.1, 0.15) is 46.0 Å². The Hall–Kier alpha value is -3.36. The van der Waals surface area contributed by atoms with Crippen LogP contribution in [-0.4, -0.2) is 33.2 Å². The number of unbranched alkanes of at least 4 members (excludes halogenated alkanes) is 1. The number of sulfonamides is 1. The summed E-state index contributed by atoms with van der Waals surface area (Å²) in [6, 6.07) is 19.6. The molecule has 0 radical (unpaired) electrons. The zero-order valence-electron chi connectivity index (χ0n) is 19.5. The minimum absolute atomic E-state index is 0.134. The maximum absolute atomic E-state index is 12.7. The van der Waals surface area contributed by atoms with Crippen LogP contribution in [0.25, 0.3) is 0 Å². The number of ether oxygens (including phenoxy) is 1. The molecule has 3 rings (SSSR count). The molecule has 0 aliphatic heterocycles. The highest BCUT2D eigenvalue weighted by atomic mass is 35.5. The van der Waals surface area contributed by atoms with E-state index in [1.54, 1.807) is 72.8 Å². The van der Waals surface area contributed by atoms with Gasteiger partial charge in [-0.3, -0.25) is 9.10 Å². The SMILES string of the molecule is CCCCOC(=O)c1ccc(NC(=O)c2ccc(N(Cc3ccc(Cl)cc3)S(C)(=O)=O)cc2)cc1. The summed E-state index contributed by atoms with van der Waals surface area (Å²) in [5.41, 5.74) is 2.50. The molecule has 0 heterocycles. The van der Waals surface area contributed by atoms with Crippen LogP contribution >= 0.6 is 11.6 Å². The lowest BCUT2D eigenvalue weighted by atomic mass is 10.1. The number of halogens is 1. The van der Waals surface area contributed by atoms with Crippen molar-refractivity contribution in [3.63, 3.8) is 0 Å². The third-order valence-electron chi connectivity index (χ3n) is 5.17. The van der Waals surface area contributed by atoms with Crippen molar-refractivity contribution in [1.29, 1.82) is 0 Å². The number of nitrogens with zero attached hydrogens (tertiary/aromatic N) is 1. The Labute approximate surface area is 210 Å². The van der Waals surface area contributed by atoms with Gasteiger partial charge >= 0.3 is 5.97 Å². The average Bonchev–Trinajstić information content (AvgIpc) is 2.83. The monoisotopic (exact) mass is 514 g/mol. The van der Waals surface area contributed by atoms with Gasteiger partial charge < -0.3 is 10.1 Å². The fourth-order valence-corrected chi connectivity index (χ4v) is 4.23. The van der Waals surface area contributed by atoms with Crippen molar-refractivity contribution >= 4 is 44.9 Å². The quantitative estimate of drug-likeness (QED) is 0.284. The summed E-state index contributed by atoms with van der Waals surface area (Å²) in [5, 5.41) is 3.33. The smallest absolute Gasteiger partial charge is 0.338 e. The van der Waals surface area contributed by atoms with E-state index in [1.807, 2.05) is 6.92 Å². The zero-order chi connectivity index (χ0) is 25.4.